The molecule has 2 nitrogen and oxygen atoms in total. The first-order chi connectivity index (χ1) is 9.12. The molecule has 2 rings (SSSR count). The first kappa shape index (κ1) is 14.4. The summed E-state index contributed by atoms with van der Waals surface area (Å²) < 4.78 is 5.38. The van der Waals surface area contributed by atoms with Crippen LogP contribution in [-0.4, -0.2) is 7.11 Å². The summed E-state index contributed by atoms with van der Waals surface area (Å²) in [6.07, 6.45) is 6.99. The van der Waals surface area contributed by atoms with Gasteiger partial charge in [0.2, 0.25) is 0 Å². The van der Waals surface area contributed by atoms with Crippen molar-refractivity contribution in [3.05, 3.63) is 29.3 Å². The zero-order valence-electron chi connectivity index (χ0n) is 12.5. The molecule has 0 fully saturated rings. The Labute approximate surface area is 117 Å². The number of hydrogen-bond acceptors (Lipinski definition) is 2. The van der Waals surface area contributed by atoms with Crippen LogP contribution in [0.15, 0.2) is 18.2 Å². The molecule has 0 aliphatic heterocycles. The number of methoxy groups -OCH3 is 1. The monoisotopic (exact) mass is 261 g/mol. The molecule has 0 aromatic heterocycles. The molecule has 1 aromatic rings. The fourth-order valence-corrected chi connectivity index (χ4v) is 3.40. The van der Waals surface area contributed by atoms with Gasteiger partial charge in [0.05, 0.1) is 7.11 Å². The van der Waals surface area contributed by atoms with E-state index < -0.39 is 0 Å². The summed E-state index contributed by atoms with van der Waals surface area (Å²) in [5.74, 6) is 1.65. The summed E-state index contributed by atoms with van der Waals surface area (Å²) >= 11 is 0. The summed E-state index contributed by atoms with van der Waals surface area (Å²) in [6, 6.07) is 6.42. The van der Waals surface area contributed by atoms with E-state index in [1.54, 1.807) is 7.11 Å². The molecule has 1 aromatic carbocycles. The summed E-state index contributed by atoms with van der Waals surface area (Å²) in [4.78, 5) is 0. The highest BCUT2D eigenvalue weighted by Gasteiger charge is 2.34. The molecule has 1 aliphatic carbocycles. The second-order valence-electron chi connectivity index (χ2n) is 5.92. The average Bonchev–Trinajstić information content (AvgIpc) is 2.45. The zero-order chi connectivity index (χ0) is 13.9. The van der Waals surface area contributed by atoms with Crippen LogP contribution in [0, 0.1) is 5.92 Å². The fraction of sp³-hybridized carbons (Fsp3) is 0.647. The molecular weight excluding hydrogens is 234 g/mol. The SMILES string of the molecule is CCC(CC)CC1(N)CCCc2ccc(OC)cc21. The standard InChI is InChI=1S/C17H27NO/c1-4-13(5-2)12-17(18)10-6-7-14-8-9-15(19-3)11-16(14)17/h8-9,11,13H,4-7,10,12,18H2,1-3H3. The van der Waals surface area contributed by atoms with Gasteiger partial charge in [0, 0.05) is 5.54 Å². The third-order valence-electron chi connectivity index (χ3n) is 4.73. The van der Waals surface area contributed by atoms with Crippen LogP contribution in [0.1, 0.15) is 57.1 Å². The van der Waals surface area contributed by atoms with Crippen LogP contribution in [-0.2, 0) is 12.0 Å². The van der Waals surface area contributed by atoms with Crippen LogP contribution >= 0.6 is 0 Å². The highest BCUT2D eigenvalue weighted by atomic mass is 16.5. The van der Waals surface area contributed by atoms with E-state index in [-0.39, 0.29) is 5.54 Å². The van der Waals surface area contributed by atoms with Crippen molar-refractivity contribution in [3.63, 3.8) is 0 Å². The average molecular weight is 261 g/mol. The molecule has 1 atom stereocenters. The molecule has 106 valence electrons. The van der Waals surface area contributed by atoms with Gasteiger partial charge in [-0.1, -0.05) is 32.8 Å². The van der Waals surface area contributed by atoms with Gasteiger partial charge in [0.25, 0.3) is 0 Å². The van der Waals surface area contributed by atoms with Gasteiger partial charge in [-0.05, 0) is 54.9 Å². The number of ether oxygens (including phenoxy) is 1. The number of aryl methyl sites for hydroxylation is 1. The summed E-state index contributed by atoms with van der Waals surface area (Å²) in [5, 5.41) is 0. The van der Waals surface area contributed by atoms with Crippen LogP contribution in [0.25, 0.3) is 0 Å². The number of rotatable bonds is 5. The third-order valence-corrected chi connectivity index (χ3v) is 4.73. The molecule has 0 radical (unpaired) electrons. The smallest absolute Gasteiger partial charge is 0.119 e. The fourth-order valence-electron chi connectivity index (χ4n) is 3.40. The van der Waals surface area contributed by atoms with Gasteiger partial charge >= 0.3 is 0 Å². The van der Waals surface area contributed by atoms with Crippen LogP contribution < -0.4 is 10.5 Å². The molecule has 0 saturated heterocycles. The summed E-state index contributed by atoms with van der Waals surface area (Å²) in [7, 11) is 1.73. The van der Waals surface area contributed by atoms with Crippen molar-refractivity contribution in [3.8, 4) is 5.75 Å². The summed E-state index contributed by atoms with van der Waals surface area (Å²) in [6.45, 7) is 4.54. The van der Waals surface area contributed by atoms with Crippen LogP contribution in [0.5, 0.6) is 5.75 Å². The maximum Gasteiger partial charge on any atom is 0.119 e. The lowest BCUT2D eigenvalue weighted by atomic mass is 9.71. The lowest BCUT2D eigenvalue weighted by Crippen LogP contribution is -2.41. The highest BCUT2D eigenvalue weighted by molar-refractivity contribution is 5.41. The molecule has 0 bridgehead atoms. The molecule has 0 amide bonds. The Hall–Kier alpha value is -1.02. The quantitative estimate of drug-likeness (QED) is 0.869. The third kappa shape index (κ3) is 2.94. The largest absolute Gasteiger partial charge is 0.497 e. The molecule has 0 spiro atoms. The van der Waals surface area contributed by atoms with E-state index in [0.29, 0.717) is 0 Å². The van der Waals surface area contributed by atoms with Crippen molar-refractivity contribution in [2.45, 2.75) is 57.9 Å². The molecule has 2 heteroatoms. The molecular formula is C17H27NO. The highest BCUT2D eigenvalue weighted by Crippen LogP contribution is 2.40. The minimum absolute atomic E-state index is 0.154. The van der Waals surface area contributed by atoms with Crippen LogP contribution in [0.4, 0.5) is 0 Å². The predicted molar refractivity (Wildman–Crippen MR) is 80.5 cm³/mol. The van der Waals surface area contributed by atoms with E-state index in [9.17, 15) is 0 Å². The van der Waals surface area contributed by atoms with Gasteiger partial charge in [-0.3, -0.25) is 0 Å². The van der Waals surface area contributed by atoms with Gasteiger partial charge in [-0.15, -0.1) is 0 Å². The van der Waals surface area contributed by atoms with Crippen molar-refractivity contribution in [1.29, 1.82) is 0 Å². The number of hydrogen-bond donors (Lipinski definition) is 1. The molecule has 1 aliphatic rings. The Balaban J connectivity index is 2.33. The van der Waals surface area contributed by atoms with E-state index in [4.69, 9.17) is 10.5 Å². The van der Waals surface area contributed by atoms with Gasteiger partial charge in [0.15, 0.2) is 0 Å². The second kappa shape index (κ2) is 5.96. The van der Waals surface area contributed by atoms with Crippen molar-refractivity contribution in [2.75, 3.05) is 7.11 Å². The number of benzene rings is 1. The number of fused-ring (bicyclic) bond motifs is 1. The Kier molecular flexibility index (Phi) is 4.51. The van der Waals surface area contributed by atoms with Crippen LogP contribution in [0.2, 0.25) is 0 Å². The van der Waals surface area contributed by atoms with E-state index in [0.717, 1.165) is 30.9 Å². The molecule has 0 saturated carbocycles. The maximum atomic E-state index is 6.79. The minimum atomic E-state index is -0.154. The first-order valence-corrected chi connectivity index (χ1v) is 7.59. The minimum Gasteiger partial charge on any atom is -0.497 e. The van der Waals surface area contributed by atoms with E-state index in [1.165, 1.54) is 30.4 Å². The van der Waals surface area contributed by atoms with Crippen molar-refractivity contribution in [2.24, 2.45) is 11.7 Å². The normalized spacial score (nSPS) is 22.4. The Morgan fingerprint density at radius 3 is 2.68 bits per heavy atom. The topological polar surface area (TPSA) is 35.2 Å². The van der Waals surface area contributed by atoms with Gasteiger partial charge in [0.1, 0.15) is 5.75 Å². The summed E-state index contributed by atoms with van der Waals surface area (Å²) in [5.41, 5.74) is 9.38. The molecule has 2 N–H and O–H groups in total. The number of nitrogens with two attached hydrogens (primary N) is 1. The van der Waals surface area contributed by atoms with Crippen molar-refractivity contribution in [1.82, 2.24) is 0 Å². The Morgan fingerprint density at radius 1 is 1.32 bits per heavy atom. The van der Waals surface area contributed by atoms with Crippen LogP contribution in [0.3, 0.4) is 0 Å². The zero-order valence-corrected chi connectivity index (χ0v) is 12.5. The van der Waals surface area contributed by atoms with E-state index in [2.05, 4.69) is 32.0 Å². The van der Waals surface area contributed by atoms with E-state index >= 15 is 0 Å². The van der Waals surface area contributed by atoms with Gasteiger partial charge < -0.3 is 10.5 Å². The Bertz CT molecular complexity index is 425. The lowest BCUT2D eigenvalue weighted by Gasteiger charge is -2.38. The molecule has 19 heavy (non-hydrogen) atoms. The Morgan fingerprint density at radius 2 is 2.05 bits per heavy atom. The van der Waals surface area contributed by atoms with E-state index in [1.807, 2.05) is 0 Å². The van der Waals surface area contributed by atoms with Crippen molar-refractivity contribution >= 4 is 0 Å². The molecule has 1 unspecified atom stereocenters. The van der Waals surface area contributed by atoms with Gasteiger partial charge in [-0.2, -0.15) is 0 Å². The van der Waals surface area contributed by atoms with Crippen molar-refractivity contribution < 1.29 is 4.74 Å². The second-order valence-corrected chi connectivity index (χ2v) is 5.92. The van der Waals surface area contributed by atoms with Gasteiger partial charge in [-0.25, -0.2) is 0 Å². The first-order valence-electron chi connectivity index (χ1n) is 7.59. The predicted octanol–water partition coefficient (Wildman–Crippen LogP) is 4.01. The lowest BCUT2D eigenvalue weighted by molar-refractivity contribution is 0.272. The maximum absolute atomic E-state index is 6.79. The molecule has 0 heterocycles.